The van der Waals surface area contributed by atoms with E-state index in [4.69, 9.17) is 11.6 Å². The number of amides is 1. The third-order valence-corrected chi connectivity index (χ3v) is 3.61. The fraction of sp³-hybridized carbons (Fsp3) is 0.364. The molecule has 1 fully saturated rings. The first-order valence-electron chi connectivity index (χ1n) is 5.02. The van der Waals surface area contributed by atoms with Gasteiger partial charge in [-0.25, -0.2) is 0 Å². The van der Waals surface area contributed by atoms with Crippen molar-refractivity contribution in [3.8, 4) is 0 Å². The molecule has 0 spiro atoms. The van der Waals surface area contributed by atoms with Crippen molar-refractivity contribution in [2.75, 3.05) is 20.1 Å². The van der Waals surface area contributed by atoms with Gasteiger partial charge in [-0.2, -0.15) is 0 Å². The van der Waals surface area contributed by atoms with Crippen molar-refractivity contribution in [1.82, 2.24) is 10.2 Å². The number of rotatable bonds is 2. The lowest BCUT2D eigenvalue weighted by atomic mass is 10.1. The molecule has 0 bridgehead atoms. The van der Waals surface area contributed by atoms with Gasteiger partial charge in [0.25, 0.3) is 5.91 Å². The van der Waals surface area contributed by atoms with Gasteiger partial charge in [-0.05, 0) is 18.2 Å². The first-order chi connectivity index (χ1) is 7.59. The number of carbonyl (C=O) groups is 1. The first kappa shape index (κ1) is 11.9. The van der Waals surface area contributed by atoms with Crippen LogP contribution >= 0.6 is 27.5 Å². The van der Waals surface area contributed by atoms with E-state index in [1.54, 1.807) is 17.0 Å². The number of hydrogen-bond acceptors (Lipinski definition) is 2. The van der Waals surface area contributed by atoms with E-state index < -0.39 is 0 Å². The summed E-state index contributed by atoms with van der Waals surface area (Å²) in [4.78, 5) is 13.9. The number of hydrogen-bond donors (Lipinski definition) is 1. The Bertz CT molecular complexity index is 420. The van der Waals surface area contributed by atoms with Crippen molar-refractivity contribution >= 4 is 33.4 Å². The Balaban J connectivity index is 2.22. The van der Waals surface area contributed by atoms with E-state index in [0.717, 1.165) is 17.6 Å². The molecule has 16 heavy (non-hydrogen) atoms. The molecule has 0 atom stereocenters. The van der Waals surface area contributed by atoms with Gasteiger partial charge in [-0.1, -0.05) is 27.5 Å². The van der Waals surface area contributed by atoms with Crippen molar-refractivity contribution in [1.29, 1.82) is 0 Å². The van der Waals surface area contributed by atoms with Crippen molar-refractivity contribution < 1.29 is 4.79 Å². The average molecular weight is 304 g/mol. The Hall–Kier alpha value is -0.580. The molecular weight excluding hydrogens is 291 g/mol. The standard InChI is InChI=1S/C11H12BrClN2O/c1-15(8-5-14-6-8)11(16)9-4-7(12)2-3-10(9)13/h2-4,8,14H,5-6H2,1H3. The summed E-state index contributed by atoms with van der Waals surface area (Å²) in [7, 11) is 1.81. The van der Waals surface area contributed by atoms with Gasteiger partial charge in [-0.15, -0.1) is 0 Å². The molecular formula is C11H12BrClN2O. The van der Waals surface area contributed by atoms with E-state index in [2.05, 4.69) is 21.2 Å². The van der Waals surface area contributed by atoms with E-state index in [-0.39, 0.29) is 11.9 Å². The molecule has 0 unspecified atom stereocenters. The molecule has 1 heterocycles. The van der Waals surface area contributed by atoms with Crippen LogP contribution in [0.1, 0.15) is 10.4 Å². The molecule has 1 aromatic carbocycles. The van der Waals surface area contributed by atoms with Gasteiger partial charge in [0.2, 0.25) is 0 Å². The molecule has 1 aliphatic rings. The van der Waals surface area contributed by atoms with Crippen molar-refractivity contribution in [2.45, 2.75) is 6.04 Å². The second-order valence-electron chi connectivity index (χ2n) is 3.85. The summed E-state index contributed by atoms with van der Waals surface area (Å²) >= 11 is 9.36. The highest BCUT2D eigenvalue weighted by Crippen LogP contribution is 2.23. The minimum atomic E-state index is -0.0298. The largest absolute Gasteiger partial charge is 0.336 e. The highest BCUT2D eigenvalue weighted by molar-refractivity contribution is 9.10. The van der Waals surface area contributed by atoms with Crippen LogP contribution in [0.15, 0.2) is 22.7 Å². The summed E-state index contributed by atoms with van der Waals surface area (Å²) in [5.74, 6) is -0.0298. The van der Waals surface area contributed by atoms with Gasteiger partial charge < -0.3 is 10.2 Å². The van der Waals surface area contributed by atoms with Gasteiger partial charge >= 0.3 is 0 Å². The van der Waals surface area contributed by atoms with Crippen molar-refractivity contribution in [3.05, 3.63) is 33.3 Å². The lowest BCUT2D eigenvalue weighted by Gasteiger charge is -2.35. The predicted molar refractivity (Wildman–Crippen MR) is 67.9 cm³/mol. The molecule has 1 saturated heterocycles. The molecule has 0 aliphatic carbocycles. The van der Waals surface area contributed by atoms with Crippen LogP contribution in [-0.2, 0) is 0 Å². The number of nitrogens with zero attached hydrogens (tertiary/aromatic N) is 1. The van der Waals surface area contributed by atoms with Crippen LogP contribution in [0.3, 0.4) is 0 Å². The fourth-order valence-corrected chi connectivity index (χ4v) is 2.12. The van der Waals surface area contributed by atoms with Crippen LogP contribution in [0.25, 0.3) is 0 Å². The SMILES string of the molecule is CN(C(=O)c1cc(Br)ccc1Cl)C1CNC1. The minimum absolute atomic E-state index is 0.0298. The highest BCUT2D eigenvalue weighted by atomic mass is 79.9. The average Bonchev–Trinajstić information content (AvgIpc) is 2.18. The quantitative estimate of drug-likeness (QED) is 0.908. The van der Waals surface area contributed by atoms with E-state index >= 15 is 0 Å². The molecule has 1 aromatic rings. The molecule has 3 nitrogen and oxygen atoms in total. The van der Waals surface area contributed by atoms with Gasteiger partial charge in [0.15, 0.2) is 0 Å². The number of carbonyl (C=O) groups excluding carboxylic acids is 1. The summed E-state index contributed by atoms with van der Waals surface area (Å²) in [6.07, 6.45) is 0. The predicted octanol–water partition coefficient (Wildman–Crippen LogP) is 2.15. The summed E-state index contributed by atoms with van der Waals surface area (Å²) in [5.41, 5.74) is 0.547. The first-order valence-corrected chi connectivity index (χ1v) is 6.19. The molecule has 0 aromatic heterocycles. The fourth-order valence-electron chi connectivity index (χ4n) is 1.56. The maximum absolute atomic E-state index is 12.1. The summed E-state index contributed by atoms with van der Waals surface area (Å²) in [5, 5.41) is 3.63. The maximum atomic E-state index is 12.1. The molecule has 2 rings (SSSR count). The second kappa shape index (κ2) is 4.73. The minimum Gasteiger partial charge on any atom is -0.336 e. The molecule has 0 radical (unpaired) electrons. The molecule has 86 valence electrons. The van der Waals surface area contributed by atoms with E-state index in [1.807, 2.05) is 13.1 Å². The Morgan fingerprint density at radius 1 is 1.56 bits per heavy atom. The molecule has 0 saturated carbocycles. The Labute approximate surface area is 108 Å². The van der Waals surface area contributed by atoms with Crippen molar-refractivity contribution in [2.24, 2.45) is 0 Å². The zero-order valence-corrected chi connectivity index (χ0v) is 11.2. The van der Waals surface area contributed by atoms with Crippen LogP contribution in [0.2, 0.25) is 5.02 Å². The summed E-state index contributed by atoms with van der Waals surface area (Å²) in [6.45, 7) is 1.71. The summed E-state index contributed by atoms with van der Waals surface area (Å²) < 4.78 is 0.861. The molecule has 1 N–H and O–H groups in total. The van der Waals surface area contributed by atoms with Crippen LogP contribution in [0, 0.1) is 0 Å². The Kier molecular flexibility index (Phi) is 3.52. The van der Waals surface area contributed by atoms with E-state index in [9.17, 15) is 4.79 Å². The lowest BCUT2D eigenvalue weighted by Crippen LogP contribution is -2.57. The van der Waals surface area contributed by atoms with E-state index in [0.29, 0.717) is 10.6 Å². The number of halogens is 2. The smallest absolute Gasteiger partial charge is 0.255 e. The monoisotopic (exact) mass is 302 g/mol. The normalized spacial score (nSPS) is 15.7. The lowest BCUT2D eigenvalue weighted by molar-refractivity contribution is 0.0681. The molecule has 1 aliphatic heterocycles. The van der Waals surface area contributed by atoms with Crippen molar-refractivity contribution in [3.63, 3.8) is 0 Å². The number of benzene rings is 1. The Morgan fingerprint density at radius 2 is 2.25 bits per heavy atom. The maximum Gasteiger partial charge on any atom is 0.255 e. The van der Waals surface area contributed by atoms with Gasteiger partial charge in [-0.3, -0.25) is 4.79 Å². The topological polar surface area (TPSA) is 32.3 Å². The number of nitrogens with one attached hydrogen (secondary N) is 1. The van der Waals surface area contributed by atoms with Crippen LogP contribution in [0.4, 0.5) is 0 Å². The second-order valence-corrected chi connectivity index (χ2v) is 5.18. The van der Waals surface area contributed by atoms with Crippen LogP contribution < -0.4 is 5.32 Å². The van der Waals surface area contributed by atoms with Gasteiger partial charge in [0, 0.05) is 24.6 Å². The third kappa shape index (κ3) is 2.24. The highest BCUT2D eigenvalue weighted by Gasteiger charge is 2.27. The van der Waals surface area contributed by atoms with Gasteiger partial charge in [0.1, 0.15) is 0 Å². The molecule has 5 heteroatoms. The third-order valence-electron chi connectivity index (χ3n) is 2.79. The van der Waals surface area contributed by atoms with E-state index in [1.165, 1.54) is 0 Å². The van der Waals surface area contributed by atoms with Crippen LogP contribution in [0.5, 0.6) is 0 Å². The zero-order chi connectivity index (χ0) is 11.7. The van der Waals surface area contributed by atoms with Crippen LogP contribution in [-0.4, -0.2) is 37.0 Å². The Morgan fingerprint density at radius 3 is 2.81 bits per heavy atom. The number of likely N-dealkylation sites (N-methyl/N-ethyl adjacent to an activating group) is 1. The molecule has 1 amide bonds. The summed E-state index contributed by atoms with van der Waals surface area (Å²) in [6, 6.07) is 5.59. The zero-order valence-electron chi connectivity index (χ0n) is 8.84. The van der Waals surface area contributed by atoms with Gasteiger partial charge in [0.05, 0.1) is 16.6 Å².